The van der Waals surface area contributed by atoms with Gasteiger partial charge in [0.15, 0.2) is 6.10 Å². The number of para-hydroxylation sites is 1. The van der Waals surface area contributed by atoms with Crippen LogP contribution in [-0.2, 0) is 16.0 Å². The Morgan fingerprint density at radius 3 is 2.46 bits per heavy atom. The number of hydrogen-bond acceptors (Lipinski definition) is 3. The number of ether oxygens (including phenoxy) is 1. The highest BCUT2D eigenvalue weighted by Crippen LogP contribution is 2.21. The van der Waals surface area contributed by atoms with Gasteiger partial charge in [0.05, 0.1) is 6.54 Å². The summed E-state index contributed by atoms with van der Waals surface area (Å²) in [6.07, 6.45) is 0.147. The van der Waals surface area contributed by atoms with Crippen molar-refractivity contribution in [3.05, 3.63) is 59.7 Å². The molecule has 5 heteroatoms. The van der Waals surface area contributed by atoms with E-state index in [0.717, 1.165) is 23.2 Å². The Hall–Kier alpha value is -2.82. The van der Waals surface area contributed by atoms with Crippen LogP contribution in [0.15, 0.2) is 48.5 Å². The normalized spacial score (nSPS) is 11.8. The molecule has 0 saturated heterocycles. The van der Waals surface area contributed by atoms with Crippen molar-refractivity contribution in [3.63, 3.8) is 0 Å². The third-order valence-electron chi connectivity index (χ3n) is 4.61. The number of anilines is 1. The average molecular weight is 383 g/mol. The van der Waals surface area contributed by atoms with Crippen LogP contribution in [0.3, 0.4) is 0 Å². The van der Waals surface area contributed by atoms with E-state index in [-0.39, 0.29) is 18.4 Å². The highest BCUT2D eigenvalue weighted by molar-refractivity contribution is 5.95. The van der Waals surface area contributed by atoms with Crippen molar-refractivity contribution in [3.8, 4) is 5.75 Å². The quantitative estimate of drug-likeness (QED) is 0.743. The maximum Gasteiger partial charge on any atom is 0.263 e. The van der Waals surface area contributed by atoms with Crippen LogP contribution in [0.25, 0.3) is 0 Å². The minimum atomic E-state index is -0.678. The molecule has 0 fully saturated rings. The summed E-state index contributed by atoms with van der Waals surface area (Å²) >= 11 is 0. The van der Waals surface area contributed by atoms with Gasteiger partial charge in [0.25, 0.3) is 5.91 Å². The molecule has 0 aliphatic rings. The first kappa shape index (κ1) is 21.5. The van der Waals surface area contributed by atoms with Crippen molar-refractivity contribution in [2.75, 3.05) is 18.9 Å². The molecule has 2 aromatic carbocycles. The van der Waals surface area contributed by atoms with Gasteiger partial charge in [-0.05, 0) is 48.6 Å². The van der Waals surface area contributed by atoms with E-state index in [2.05, 4.69) is 19.2 Å². The lowest BCUT2D eigenvalue weighted by molar-refractivity contribution is -0.139. The molecule has 0 aliphatic heterocycles. The van der Waals surface area contributed by atoms with Gasteiger partial charge in [-0.3, -0.25) is 9.59 Å². The standard InChI is InChI=1S/C23H30N2O3/c1-6-18-10-7-8-13-21(18)24-22(26)15-25(5)23(27)17(4)28-20-12-9-11-19(14-20)16(2)3/h7-14,16-17H,6,15H2,1-5H3,(H,24,26). The van der Waals surface area contributed by atoms with E-state index in [4.69, 9.17) is 4.74 Å². The molecule has 1 N–H and O–H groups in total. The van der Waals surface area contributed by atoms with E-state index in [1.54, 1.807) is 14.0 Å². The molecule has 0 bridgehead atoms. The van der Waals surface area contributed by atoms with Crippen molar-refractivity contribution in [2.45, 2.75) is 46.1 Å². The first-order valence-corrected chi connectivity index (χ1v) is 9.71. The predicted molar refractivity (Wildman–Crippen MR) is 113 cm³/mol. The summed E-state index contributed by atoms with van der Waals surface area (Å²) in [7, 11) is 1.61. The number of carbonyl (C=O) groups excluding carboxylic acids is 2. The van der Waals surface area contributed by atoms with Crippen LogP contribution in [0.1, 0.15) is 44.7 Å². The number of rotatable bonds is 8. The molecule has 0 saturated carbocycles. The van der Waals surface area contributed by atoms with Gasteiger partial charge < -0.3 is 15.0 Å². The van der Waals surface area contributed by atoms with E-state index in [0.29, 0.717) is 11.7 Å². The lowest BCUT2D eigenvalue weighted by atomic mass is 10.0. The molecule has 0 aliphatic carbocycles. The fourth-order valence-electron chi connectivity index (χ4n) is 2.95. The molecule has 1 atom stereocenters. The van der Waals surface area contributed by atoms with Gasteiger partial charge in [0.1, 0.15) is 5.75 Å². The van der Waals surface area contributed by atoms with Crippen molar-refractivity contribution in [2.24, 2.45) is 0 Å². The van der Waals surface area contributed by atoms with Crippen molar-refractivity contribution in [1.82, 2.24) is 4.90 Å². The molecule has 0 radical (unpaired) electrons. The summed E-state index contributed by atoms with van der Waals surface area (Å²) in [4.78, 5) is 26.3. The summed E-state index contributed by atoms with van der Waals surface area (Å²) < 4.78 is 5.80. The van der Waals surface area contributed by atoms with Gasteiger partial charge in [-0.15, -0.1) is 0 Å². The largest absolute Gasteiger partial charge is 0.481 e. The molecule has 5 nitrogen and oxygen atoms in total. The Bertz CT molecular complexity index is 817. The van der Waals surface area contributed by atoms with Crippen LogP contribution in [0.4, 0.5) is 5.69 Å². The Morgan fingerprint density at radius 2 is 1.79 bits per heavy atom. The van der Waals surface area contributed by atoms with Crippen LogP contribution in [-0.4, -0.2) is 36.4 Å². The van der Waals surface area contributed by atoms with Crippen molar-refractivity contribution in [1.29, 1.82) is 0 Å². The van der Waals surface area contributed by atoms with Crippen LogP contribution in [0, 0.1) is 0 Å². The summed E-state index contributed by atoms with van der Waals surface area (Å²) in [5, 5.41) is 2.88. The fourth-order valence-corrected chi connectivity index (χ4v) is 2.95. The second-order valence-electron chi connectivity index (χ2n) is 7.24. The van der Waals surface area contributed by atoms with E-state index in [1.807, 2.05) is 55.5 Å². The second kappa shape index (κ2) is 9.93. The van der Waals surface area contributed by atoms with E-state index < -0.39 is 6.10 Å². The lowest BCUT2D eigenvalue weighted by Crippen LogP contribution is -2.42. The maximum atomic E-state index is 12.6. The molecule has 0 aromatic heterocycles. The highest BCUT2D eigenvalue weighted by atomic mass is 16.5. The molecule has 150 valence electrons. The zero-order valence-corrected chi connectivity index (χ0v) is 17.4. The molecular formula is C23H30N2O3. The van der Waals surface area contributed by atoms with Gasteiger partial charge in [0, 0.05) is 12.7 Å². The zero-order valence-electron chi connectivity index (χ0n) is 17.4. The van der Waals surface area contributed by atoms with Gasteiger partial charge in [0.2, 0.25) is 5.91 Å². The molecule has 2 amide bonds. The predicted octanol–water partition coefficient (Wildman–Crippen LogP) is 4.24. The number of benzene rings is 2. The first-order chi connectivity index (χ1) is 13.3. The number of amides is 2. The van der Waals surface area contributed by atoms with Crippen molar-refractivity contribution >= 4 is 17.5 Å². The monoisotopic (exact) mass is 382 g/mol. The molecule has 28 heavy (non-hydrogen) atoms. The summed E-state index contributed by atoms with van der Waals surface area (Å²) in [5.41, 5.74) is 3.00. The average Bonchev–Trinajstić information content (AvgIpc) is 2.67. The van der Waals surface area contributed by atoms with Crippen LogP contribution in [0.2, 0.25) is 0 Å². The van der Waals surface area contributed by atoms with Gasteiger partial charge in [-0.2, -0.15) is 0 Å². The molecule has 0 spiro atoms. The number of nitrogens with one attached hydrogen (secondary N) is 1. The van der Waals surface area contributed by atoms with Gasteiger partial charge >= 0.3 is 0 Å². The van der Waals surface area contributed by atoms with Crippen LogP contribution >= 0.6 is 0 Å². The number of nitrogens with zero attached hydrogens (tertiary/aromatic N) is 1. The van der Waals surface area contributed by atoms with Gasteiger partial charge in [-0.1, -0.05) is 51.1 Å². The third-order valence-corrected chi connectivity index (χ3v) is 4.61. The zero-order chi connectivity index (χ0) is 20.7. The fraction of sp³-hybridized carbons (Fsp3) is 0.391. The third kappa shape index (κ3) is 5.84. The van der Waals surface area contributed by atoms with Gasteiger partial charge in [-0.25, -0.2) is 0 Å². The lowest BCUT2D eigenvalue weighted by Gasteiger charge is -2.22. The maximum absolute atomic E-state index is 12.6. The Morgan fingerprint density at radius 1 is 1.07 bits per heavy atom. The number of likely N-dealkylation sites (N-methyl/N-ethyl adjacent to an activating group) is 1. The van der Waals surface area contributed by atoms with Crippen molar-refractivity contribution < 1.29 is 14.3 Å². The summed E-state index contributed by atoms with van der Waals surface area (Å²) in [6, 6.07) is 15.4. The van der Waals surface area contributed by atoms with E-state index in [1.165, 1.54) is 4.90 Å². The molecule has 0 heterocycles. The second-order valence-corrected chi connectivity index (χ2v) is 7.24. The van der Waals surface area contributed by atoms with Crippen LogP contribution < -0.4 is 10.1 Å². The Kier molecular flexibility index (Phi) is 7.61. The summed E-state index contributed by atoms with van der Waals surface area (Å²) in [6.45, 7) is 7.92. The molecule has 1 unspecified atom stereocenters. The number of hydrogen-bond donors (Lipinski definition) is 1. The highest BCUT2D eigenvalue weighted by Gasteiger charge is 2.21. The first-order valence-electron chi connectivity index (χ1n) is 9.71. The number of aryl methyl sites for hydroxylation is 1. The smallest absolute Gasteiger partial charge is 0.263 e. The number of carbonyl (C=O) groups is 2. The summed E-state index contributed by atoms with van der Waals surface area (Å²) in [5.74, 6) is 0.563. The SMILES string of the molecule is CCc1ccccc1NC(=O)CN(C)C(=O)C(C)Oc1cccc(C(C)C)c1. The minimum absolute atomic E-state index is 0.0311. The van der Waals surface area contributed by atoms with E-state index >= 15 is 0 Å². The molecule has 2 aromatic rings. The minimum Gasteiger partial charge on any atom is -0.481 e. The Labute approximate surface area is 167 Å². The Balaban J connectivity index is 1.94. The van der Waals surface area contributed by atoms with E-state index in [9.17, 15) is 9.59 Å². The topological polar surface area (TPSA) is 58.6 Å². The van der Waals surface area contributed by atoms with Crippen LogP contribution in [0.5, 0.6) is 5.75 Å². The molecular weight excluding hydrogens is 352 g/mol. The molecule has 2 rings (SSSR count).